The number of hydrogen-bond donors (Lipinski definition) is 3. The minimum Gasteiger partial charge on any atom is -0.493 e. The lowest BCUT2D eigenvalue weighted by Gasteiger charge is -2.25. The number of aromatic nitrogens is 4. The van der Waals surface area contributed by atoms with Gasteiger partial charge in [0.2, 0.25) is 0 Å². The zero-order chi connectivity index (χ0) is 26.4. The average Bonchev–Trinajstić information content (AvgIpc) is 3.45. The lowest BCUT2D eigenvalue weighted by Crippen LogP contribution is -2.41. The van der Waals surface area contributed by atoms with Crippen molar-refractivity contribution in [2.24, 2.45) is 11.8 Å². The fourth-order valence-corrected chi connectivity index (χ4v) is 3.88. The highest BCUT2D eigenvalue weighted by Crippen LogP contribution is 2.29. The Kier molecular flexibility index (Phi) is 9.63. The second-order valence-electron chi connectivity index (χ2n) is 9.92. The van der Waals surface area contributed by atoms with Crippen LogP contribution in [-0.2, 0) is 25.7 Å². The van der Waals surface area contributed by atoms with Gasteiger partial charge in [-0.1, -0.05) is 34.3 Å². The van der Waals surface area contributed by atoms with Crippen LogP contribution < -0.4 is 5.32 Å². The van der Waals surface area contributed by atoms with Crippen molar-refractivity contribution in [3.05, 3.63) is 25.0 Å². The number of esters is 1. The van der Waals surface area contributed by atoms with Crippen LogP contribution in [0, 0.1) is 11.8 Å². The van der Waals surface area contributed by atoms with Crippen molar-refractivity contribution in [1.82, 2.24) is 19.5 Å². The molecule has 0 amide bonds. The zero-order valence-electron chi connectivity index (χ0n) is 21.8. The number of allylic oxidation sites excluding steroid dienone is 1. The van der Waals surface area contributed by atoms with Crippen LogP contribution in [0.1, 0.15) is 53.9 Å². The van der Waals surface area contributed by atoms with Crippen molar-refractivity contribution >= 4 is 23.0 Å². The Balaban J connectivity index is 1.70. The maximum atomic E-state index is 11.9. The van der Waals surface area contributed by atoms with Gasteiger partial charge in [0, 0.05) is 5.92 Å². The molecule has 3 rings (SSSR count). The highest BCUT2D eigenvalue weighted by atomic mass is 16.6. The van der Waals surface area contributed by atoms with Crippen LogP contribution in [0.2, 0.25) is 0 Å². The van der Waals surface area contributed by atoms with Crippen molar-refractivity contribution in [1.29, 1.82) is 0 Å². The quantitative estimate of drug-likeness (QED) is 0.275. The van der Waals surface area contributed by atoms with Gasteiger partial charge in [-0.2, -0.15) is 0 Å². The zero-order valence-corrected chi connectivity index (χ0v) is 21.8. The van der Waals surface area contributed by atoms with Crippen LogP contribution >= 0.6 is 0 Å². The molecule has 2 aromatic heterocycles. The highest BCUT2D eigenvalue weighted by Gasteiger charge is 2.31. The summed E-state index contributed by atoms with van der Waals surface area (Å²) in [6.45, 7) is 12.8. The molecule has 1 aliphatic rings. The molecule has 1 saturated carbocycles. The number of aliphatic hydroxyl groups is 2. The maximum absolute atomic E-state index is 11.9. The molecule has 2 heterocycles. The number of carbonyl (C=O) groups excluding carboxylic acids is 1. The molecule has 0 aromatic carbocycles. The summed E-state index contributed by atoms with van der Waals surface area (Å²) in [4.78, 5) is 25.1. The van der Waals surface area contributed by atoms with Gasteiger partial charge in [0.15, 0.2) is 17.0 Å². The van der Waals surface area contributed by atoms with Crippen molar-refractivity contribution in [3.8, 4) is 0 Å². The third-order valence-electron chi connectivity index (χ3n) is 6.29. The number of nitrogens with zero attached hydrogens (tertiary/aromatic N) is 4. The summed E-state index contributed by atoms with van der Waals surface area (Å²) < 4.78 is 18.8. The number of hydrogen-bond acceptors (Lipinski definition) is 10. The Morgan fingerprint density at radius 3 is 2.58 bits per heavy atom. The third kappa shape index (κ3) is 6.92. The van der Waals surface area contributed by atoms with Crippen molar-refractivity contribution in [2.75, 3.05) is 11.9 Å². The van der Waals surface area contributed by atoms with Crippen molar-refractivity contribution < 1.29 is 29.2 Å². The maximum Gasteiger partial charge on any atom is 0.308 e. The molecule has 5 atom stereocenters. The Hall–Kier alpha value is -2.76. The molecule has 0 aliphatic heterocycles. The minimum atomic E-state index is -1.24. The first-order valence-corrected chi connectivity index (χ1v) is 12.5. The molecular formula is C25H39N5O6. The van der Waals surface area contributed by atoms with Crippen LogP contribution in [0.5, 0.6) is 0 Å². The normalized spacial score (nSPS) is 20.5. The Morgan fingerprint density at radius 2 is 1.92 bits per heavy atom. The van der Waals surface area contributed by atoms with Gasteiger partial charge in [0.1, 0.15) is 38.0 Å². The first-order chi connectivity index (χ1) is 17.1. The summed E-state index contributed by atoms with van der Waals surface area (Å²) in [5.74, 6) is 0.890. The number of rotatable bonds is 13. The van der Waals surface area contributed by atoms with Crippen LogP contribution in [0.25, 0.3) is 11.2 Å². The molecule has 1 aliphatic carbocycles. The molecule has 1 fully saturated rings. The highest BCUT2D eigenvalue weighted by molar-refractivity contribution is 5.82. The van der Waals surface area contributed by atoms with E-state index in [9.17, 15) is 15.0 Å². The first-order valence-electron chi connectivity index (χ1n) is 12.5. The summed E-state index contributed by atoms with van der Waals surface area (Å²) in [7, 11) is 0. The number of aliphatic hydroxyl groups excluding tert-OH is 2. The van der Waals surface area contributed by atoms with E-state index < -0.39 is 24.3 Å². The van der Waals surface area contributed by atoms with Crippen LogP contribution in [-0.4, -0.2) is 72.8 Å². The standard InChI is InChI=1S/C25H39N5O6/c1-14(2)17(6)36-19-9-7-8-18(19)29-23-21-24(27-11-26-23)30(12-28-21)13-35-20(22(32)16(5)31)10-34-25(33)15(3)4/h11-12,14-16,18-20,22,31-32H,6-10,13H2,1-5H3,(H,26,27,29)/t16-,18?,19-,20?,22-/m0/s1. The van der Waals surface area contributed by atoms with E-state index in [-0.39, 0.29) is 37.3 Å². The van der Waals surface area contributed by atoms with Crippen LogP contribution in [0.4, 0.5) is 5.82 Å². The number of imidazole rings is 1. The van der Waals surface area contributed by atoms with E-state index in [4.69, 9.17) is 14.2 Å². The van der Waals surface area contributed by atoms with Crippen molar-refractivity contribution in [3.63, 3.8) is 0 Å². The topological polar surface area (TPSA) is 141 Å². The molecule has 200 valence electrons. The number of nitrogens with one attached hydrogen (secondary N) is 1. The number of fused-ring (bicyclic) bond motifs is 1. The second-order valence-corrected chi connectivity index (χ2v) is 9.92. The second kappa shape index (κ2) is 12.5. The first kappa shape index (κ1) is 27.8. The summed E-state index contributed by atoms with van der Waals surface area (Å²) in [5.41, 5.74) is 1.12. The van der Waals surface area contributed by atoms with Crippen LogP contribution in [0.15, 0.2) is 25.0 Å². The molecule has 11 heteroatoms. The number of anilines is 1. The van der Waals surface area contributed by atoms with E-state index in [1.807, 2.05) is 0 Å². The van der Waals surface area contributed by atoms with E-state index >= 15 is 0 Å². The third-order valence-corrected chi connectivity index (χ3v) is 6.29. The smallest absolute Gasteiger partial charge is 0.308 e. The predicted molar refractivity (Wildman–Crippen MR) is 134 cm³/mol. The van der Waals surface area contributed by atoms with Gasteiger partial charge in [0.05, 0.1) is 30.2 Å². The van der Waals surface area contributed by atoms with E-state index in [0.717, 1.165) is 25.0 Å². The molecule has 0 bridgehead atoms. The monoisotopic (exact) mass is 505 g/mol. The lowest BCUT2D eigenvalue weighted by molar-refractivity contribution is -0.162. The fraction of sp³-hybridized carbons (Fsp3) is 0.680. The summed E-state index contributed by atoms with van der Waals surface area (Å²) >= 11 is 0. The SMILES string of the molecule is C=C(O[C@H]1CCCC1Nc1ncnc2c1ncn2COC(COC(=O)C(C)C)[C@@H](O)[C@H](C)O)C(C)C. The molecule has 11 nitrogen and oxygen atoms in total. The summed E-state index contributed by atoms with van der Waals surface area (Å²) in [6.07, 6.45) is 2.70. The van der Waals surface area contributed by atoms with Gasteiger partial charge in [-0.15, -0.1) is 0 Å². The molecule has 36 heavy (non-hydrogen) atoms. The molecule has 0 radical (unpaired) electrons. The summed E-state index contributed by atoms with van der Waals surface area (Å²) in [6, 6.07) is 0.0706. The van der Waals surface area contributed by atoms with E-state index in [2.05, 4.69) is 40.7 Å². The predicted octanol–water partition coefficient (Wildman–Crippen LogP) is 2.63. The molecule has 2 aromatic rings. The minimum absolute atomic E-state index is 0.00611. The number of ether oxygens (including phenoxy) is 3. The molecule has 2 unspecified atom stereocenters. The van der Waals surface area contributed by atoms with Gasteiger partial charge >= 0.3 is 5.97 Å². The summed E-state index contributed by atoms with van der Waals surface area (Å²) in [5, 5.41) is 23.7. The molecule has 3 N–H and O–H groups in total. The molecule has 0 saturated heterocycles. The van der Waals surface area contributed by atoms with Gasteiger partial charge in [-0.05, 0) is 26.2 Å². The van der Waals surface area contributed by atoms with Gasteiger partial charge in [0.25, 0.3) is 0 Å². The largest absolute Gasteiger partial charge is 0.493 e. The van der Waals surface area contributed by atoms with Crippen molar-refractivity contribution in [2.45, 2.75) is 91.1 Å². The van der Waals surface area contributed by atoms with E-state index in [1.54, 1.807) is 24.7 Å². The number of carbonyl (C=O) groups is 1. The average molecular weight is 506 g/mol. The van der Waals surface area contributed by atoms with E-state index in [0.29, 0.717) is 17.0 Å². The Morgan fingerprint density at radius 1 is 1.17 bits per heavy atom. The lowest BCUT2D eigenvalue weighted by atomic mass is 10.1. The van der Waals surface area contributed by atoms with E-state index in [1.165, 1.54) is 13.3 Å². The molecule has 0 spiro atoms. The fourth-order valence-electron chi connectivity index (χ4n) is 3.88. The van der Waals surface area contributed by atoms with Gasteiger partial charge in [-0.25, -0.2) is 15.0 Å². The van der Waals surface area contributed by atoms with Gasteiger partial charge in [-0.3, -0.25) is 9.36 Å². The van der Waals surface area contributed by atoms with Gasteiger partial charge < -0.3 is 29.7 Å². The Labute approximate surface area is 211 Å². The van der Waals surface area contributed by atoms with Crippen LogP contribution in [0.3, 0.4) is 0 Å². The molecular weight excluding hydrogens is 466 g/mol. The Bertz CT molecular complexity index is 1020.